The molecule has 0 aliphatic heterocycles. The lowest BCUT2D eigenvalue weighted by atomic mass is 9.96. The van der Waals surface area contributed by atoms with Crippen LogP contribution in [-0.4, -0.2) is 29.5 Å². The van der Waals surface area contributed by atoms with E-state index in [-0.39, 0.29) is 5.92 Å². The molecule has 3 atom stereocenters. The van der Waals surface area contributed by atoms with Gasteiger partial charge in [-0.15, -0.1) is 0 Å². The van der Waals surface area contributed by atoms with E-state index < -0.39 is 36.2 Å². The number of carbonyl (C=O) groups is 3. The van der Waals surface area contributed by atoms with Crippen LogP contribution in [0.3, 0.4) is 0 Å². The van der Waals surface area contributed by atoms with Crippen LogP contribution in [0.15, 0.2) is 0 Å². The molecule has 7 nitrogen and oxygen atoms in total. The molecule has 1 aliphatic carbocycles. The minimum absolute atomic E-state index is 0.234. The zero-order chi connectivity index (χ0) is 13.7. The zero-order valence-corrected chi connectivity index (χ0v) is 10.2. The highest BCUT2D eigenvalue weighted by molar-refractivity contribution is 5.85. The van der Waals surface area contributed by atoms with Crippen molar-refractivity contribution in [3.8, 4) is 0 Å². The number of primary amides is 1. The number of carboxylic acid groups (broad SMARTS) is 1. The molecule has 4 N–H and O–H groups in total. The van der Waals surface area contributed by atoms with Gasteiger partial charge in [-0.3, -0.25) is 19.2 Å². The van der Waals surface area contributed by atoms with Crippen LogP contribution < -0.4 is 11.2 Å². The van der Waals surface area contributed by atoms with E-state index >= 15 is 0 Å². The molecule has 2 amide bonds. The highest BCUT2D eigenvalue weighted by Crippen LogP contribution is 2.38. The summed E-state index contributed by atoms with van der Waals surface area (Å²) in [6.07, 6.45) is 1.87. The molecule has 1 saturated carbocycles. The van der Waals surface area contributed by atoms with Crippen LogP contribution in [0.25, 0.3) is 0 Å². The van der Waals surface area contributed by atoms with Gasteiger partial charge in [0.15, 0.2) is 6.61 Å². The Balaban J connectivity index is 2.54. The summed E-state index contributed by atoms with van der Waals surface area (Å²) in [5, 5.41) is 9.06. The maximum absolute atomic E-state index is 11.8. The monoisotopic (exact) mass is 258 g/mol. The van der Waals surface area contributed by atoms with Crippen molar-refractivity contribution in [2.75, 3.05) is 6.61 Å². The molecule has 1 unspecified atom stereocenters. The molecule has 18 heavy (non-hydrogen) atoms. The maximum Gasteiger partial charge on any atom is 0.307 e. The third kappa shape index (κ3) is 3.69. The van der Waals surface area contributed by atoms with Gasteiger partial charge in [0.2, 0.25) is 11.8 Å². The maximum atomic E-state index is 11.8. The Hall–Kier alpha value is -1.63. The summed E-state index contributed by atoms with van der Waals surface area (Å²) in [5.74, 6) is -3.24. The van der Waals surface area contributed by atoms with Crippen LogP contribution in [-0.2, 0) is 19.2 Å². The number of carbonyl (C=O) groups excluding carboxylic acids is 2. The second kappa shape index (κ2) is 6.34. The fraction of sp³-hybridized carbons (Fsp3) is 0.727. The predicted molar refractivity (Wildman–Crippen MR) is 60.9 cm³/mol. The molecule has 0 spiro atoms. The Morgan fingerprint density at radius 3 is 2.44 bits per heavy atom. The van der Waals surface area contributed by atoms with Crippen molar-refractivity contribution in [1.29, 1.82) is 0 Å². The Labute approximate surface area is 105 Å². The van der Waals surface area contributed by atoms with Gasteiger partial charge < -0.3 is 10.8 Å². The molecule has 0 radical (unpaired) electrons. The first-order valence-electron chi connectivity index (χ1n) is 5.88. The number of hydrogen-bond donors (Lipinski definition) is 3. The van der Waals surface area contributed by atoms with Crippen molar-refractivity contribution in [3.63, 3.8) is 0 Å². The third-order valence-electron chi connectivity index (χ3n) is 3.28. The summed E-state index contributed by atoms with van der Waals surface area (Å²) in [5.41, 5.74) is 6.92. The van der Waals surface area contributed by atoms with E-state index in [0.29, 0.717) is 12.8 Å². The molecule has 1 rings (SSSR count). The van der Waals surface area contributed by atoms with Crippen LogP contribution in [0.4, 0.5) is 0 Å². The molecule has 0 heterocycles. The van der Waals surface area contributed by atoms with Crippen molar-refractivity contribution in [2.24, 2.45) is 23.5 Å². The summed E-state index contributed by atoms with van der Waals surface area (Å²) in [4.78, 5) is 37.8. The van der Waals surface area contributed by atoms with Gasteiger partial charge in [-0.1, -0.05) is 13.3 Å². The third-order valence-corrected chi connectivity index (χ3v) is 3.28. The normalized spacial score (nSPS) is 26.8. The first kappa shape index (κ1) is 14.4. The van der Waals surface area contributed by atoms with Gasteiger partial charge in [0.05, 0.1) is 11.8 Å². The number of aliphatic carboxylic acids is 1. The van der Waals surface area contributed by atoms with Gasteiger partial charge in [-0.05, 0) is 18.8 Å². The topological polar surface area (TPSA) is 119 Å². The number of rotatable bonds is 6. The molecular weight excluding hydrogens is 240 g/mol. The fourth-order valence-electron chi connectivity index (χ4n) is 2.29. The summed E-state index contributed by atoms with van der Waals surface area (Å²) in [7, 11) is 0. The second-order valence-corrected chi connectivity index (χ2v) is 4.52. The molecule has 0 aromatic heterocycles. The van der Waals surface area contributed by atoms with Crippen molar-refractivity contribution >= 4 is 17.8 Å². The minimum Gasteiger partial charge on any atom is -0.481 e. The number of carboxylic acids is 1. The number of nitrogens with two attached hydrogens (primary N) is 1. The first-order chi connectivity index (χ1) is 8.45. The molecule has 7 heteroatoms. The Morgan fingerprint density at radius 1 is 1.33 bits per heavy atom. The lowest BCUT2D eigenvalue weighted by Crippen LogP contribution is -2.37. The van der Waals surface area contributed by atoms with E-state index in [0.717, 1.165) is 6.42 Å². The quantitative estimate of drug-likeness (QED) is 0.563. The van der Waals surface area contributed by atoms with Crippen molar-refractivity contribution in [3.05, 3.63) is 0 Å². The summed E-state index contributed by atoms with van der Waals surface area (Å²) < 4.78 is 0. The highest BCUT2D eigenvalue weighted by Gasteiger charge is 2.42. The van der Waals surface area contributed by atoms with Crippen molar-refractivity contribution in [1.82, 2.24) is 5.48 Å². The lowest BCUT2D eigenvalue weighted by Gasteiger charge is -2.14. The van der Waals surface area contributed by atoms with Gasteiger partial charge >= 0.3 is 5.97 Å². The minimum atomic E-state index is -0.971. The van der Waals surface area contributed by atoms with Crippen LogP contribution in [0.2, 0.25) is 0 Å². The Kier molecular flexibility index (Phi) is 5.08. The lowest BCUT2D eigenvalue weighted by molar-refractivity contribution is -0.150. The predicted octanol–water partition coefficient (Wildman–Crippen LogP) is -0.343. The van der Waals surface area contributed by atoms with Crippen LogP contribution in [0, 0.1) is 17.8 Å². The number of hydroxylamine groups is 1. The van der Waals surface area contributed by atoms with Gasteiger partial charge in [0.1, 0.15) is 0 Å². The summed E-state index contributed by atoms with van der Waals surface area (Å²) >= 11 is 0. The van der Waals surface area contributed by atoms with Crippen molar-refractivity contribution in [2.45, 2.75) is 26.2 Å². The number of amides is 2. The molecule has 1 aliphatic rings. The van der Waals surface area contributed by atoms with Gasteiger partial charge in [-0.2, -0.15) is 0 Å². The van der Waals surface area contributed by atoms with Gasteiger partial charge in [0, 0.05) is 0 Å². The van der Waals surface area contributed by atoms with Gasteiger partial charge in [0.25, 0.3) is 0 Å². The molecular formula is C11H18N2O5. The molecule has 0 aromatic rings. The average molecular weight is 258 g/mol. The zero-order valence-electron chi connectivity index (χ0n) is 10.2. The SMILES string of the molecule is CCC1C[C@H](C(=O)NOCC(N)=O)[C@H](C(=O)O)C1. The first-order valence-corrected chi connectivity index (χ1v) is 5.88. The molecule has 0 bridgehead atoms. The molecule has 0 saturated heterocycles. The molecule has 102 valence electrons. The smallest absolute Gasteiger partial charge is 0.307 e. The largest absolute Gasteiger partial charge is 0.481 e. The molecule has 1 fully saturated rings. The van der Waals surface area contributed by atoms with E-state index in [9.17, 15) is 14.4 Å². The van der Waals surface area contributed by atoms with Crippen LogP contribution >= 0.6 is 0 Å². The van der Waals surface area contributed by atoms with E-state index in [2.05, 4.69) is 10.3 Å². The van der Waals surface area contributed by atoms with Crippen molar-refractivity contribution < 1.29 is 24.3 Å². The second-order valence-electron chi connectivity index (χ2n) is 4.52. The average Bonchev–Trinajstić information content (AvgIpc) is 2.72. The standard InChI is InChI=1S/C11H18N2O5/c1-2-6-3-7(8(4-6)11(16)17)10(15)13-18-5-9(12)14/h6-8H,2-5H2,1H3,(H2,12,14)(H,13,15)(H,16,17)/t6?,7-,8+/m0/s1. The van der Waals surface area contributed by atoms with Gasteiger partial charge in [-0.25, -0.2) is 5.48 Å². The number of nitrogens with one attached hydrogen (secondary N) is 1. The summed E-state index contributed by atoms with van der Waals surface area (Å²) in [6.45, 7) is 1.54. The van der Waals surface area contributed by atoms with E-state index in [4.69, 9.17) is 10.8 Å². The van der Waals surface area contributed by atoms with E-state index in [1.54, 1.807) is 0 Å². The number of hydrogen-bond acceptors (Lipinski definition) is 4. The van der Waals surface area contributed by atoms with Crippen LogP contribution in [0.5, 0.6) is 0 Å². The molecule has 0 aromatic carbocycles. The Morgan fingerprint density at radius 2 is 1.94 bits per heavy atom. The fourth-order valence-corrected chi connectivity index (χ4v) is 2.29. The van der Waals surface area contributed by atoms with E-state index in [1.165, 1.54) is 0 Å². The summed E-state index contributed by atoms with van der Waals surface area (Å²) in [6, 6.07) is 0. The van der Waals surface area contributed by atoms with E-state index in [1.807, 2.05) is 6.92 Å². The van der Waals surface area contributed by atoms with Crippen LogP contribution in [0.1, 0.15) is 26.2 Å². The Bertz CT molecular complexity index is 344. The highest BCUT2D eigenvalue weighted by atomic mass is 16.7.